The number of thioether (sulfide) groups is 1. The maximum absolute atomic E-state index is 7.12. The molecule has 3 heterocycles. The average molecular weight is 619 g/mol. The van der Waals surface area contributed by atoms with Gasteiger partial charge in [-0.1, -0.05) is 133 Å². The summed E-state index contributed by atoms with van der Waals surface area (Å²) in [5.74, 6) is 2.36. The van der Waals surface area contributed by atoms with E-state index < -0.39 is 0 Å². The van der Waals surface area contributed by atoms with Crippen molar-refractivity contribution in [3.63, 3.8) is 0 Å². The van der Waals surface area contributed by atoms with Crippen LogP contribution in [0.4, 0.5) is 0 Å². The average Bonchev–Trinajstić information content (AvgIpc) is 3.50. The molecule has 1 saturated heterocycles. The predicted octanol–water partition coefficient (Wildman–Crippen LogP) is 9.70. The van der Waals surface area contributed by atoms with E-state index in [1.165, 1.54) is 40.9 Å². The van der Waals surface area contributed by atoms with E-state index in [1.54, 1.807) is 16.1 Å². The van der Waals surface area contributed by atoms with Gasteiger partial charge >= 0.3 is 0 Å². The van der Waals surface area contributed by atoms with E-state index >= 15 is 0 Å². The fourth-order valence-electron chi connectivity index (χ4n) is 9.86. The van der Waals surface area contributed by atoms with Crippen LogP contribution in [0.1, 0.15) is 31.2 Å². The van der Waals surface area contributed by atoms with Crippen molar-refractivity contribution in [1.82, 2.24) is 0 Å². The van der Waals surface area contributed by atoms with Gasteiger partial charge in [0.2, 0.25) is 0 Å². The summed E-state index contributed by atoms with van der Waals surface area (Å²) in [4.78, 5) is 1.61. The molecule has 2 nitrogen and oxygen atoms in total. The highest BCUT2D eigenvalue weighted by Gasteiger charge is 2.62. The fraction of sp³-hybridized carbons (Fsp3) is 0.302. The number of benzene rings is 1. The standard InChI is InChI=1S/C43H38O2S/c1-2-11-27(12-3-1)28-21-23-34-38(25-28)44-36-17-7-5-15-32(36)43(34)33-16-6-8-18-37(33)45-39-26-29(22-24-35(39)43)30-14-10-20-41-42(30)31-13-4-9-19-40(31)46-41/h1-8,10-17,20-25,29,32,34,36-38,41-42H,9,18-19,26H2. The monoisotopic (exact) mass is 618 g/mol. The zero-order valence-electron chi connectivity index (χ0n) is 25.9. The third-order valence-corrected chi connectivity index (χ3v) is 13.2. The van der Waals surface area contributed by atoms with Crippen molar-refractivity contribution in [3.05, 3.63) is 172 Å². The van der Waals surface area contributed by atoms with E-state index in [-0.39, 0.29) is 35.6 Å². The Bertz CT molecular complexity index is 1870. The lowest BCUT2D eigenvalue weighted by molar-refractivity contribution is -0.110. The first-order valence-electron chi connectivity index (χ1n) is 17.1. The highest BCUT2D eigenvalue weighted by atomic mass is 32.2. The number of allylic oxidation sites excluding steroid dienone is 17. The van der Waals surface area contributed by atoms with Gasteiger partial charge in [0.05, 0.1) is 12.2 Å². The van der Waals surface area contributed by atoms with Crippen molar-refractivity contribution in [2.75, 3.05) is 0 Å². The minimum atomic E-state index is -0.247. The van der Waals surface area contributed by atoms with Crippen molar-refractivity contribution in [2.24, 2.45) is 29.1 Å². The molecule has 3 aliphatic heterocycles. The molecular weight excluding hydrogens is 581 g/mol. The highest BCUT2D eigenvalue weighted by molar-refractivity contribution is 8.04. The molecule has 46 heavy (non-hydrogen) atoms. The largest absolute Gasteiger partial charge is 0.490 e. The van der Waals surface area contributed by atoms with E-state index in [2.05, 4.69) is 145 Å². The van der Waals surface area contributed by atoms with Crippen LogP contribution in [0.5, 0.6) is 0 Å². The van der Waals surface area contributed by atoms with E-state index in [0.717, 1.165) is 12.8 Å². The van der Waals surface area contributed by atoms with Crippen LogP contribution in [-0.2, 0) is 9.47 Å². The summed E-state index contributed by atoms with van der Waals surface area (Å²) in [7, 11) is 0. The molecule has 9 atom stereocenters. The second-order valence-electron chi connectivity index (χ2n) is 13.9. The Morgan fingerprint density at radius 1 is 0.804 bits per heavy atom. The van der Waals surface area contributed by atoms with Gasteiger partial charge in [-0.15, -0.1) is 11.8 Å². The van der Waals surface area contributed by atoms with Crippen LogP contribution in [0.2, 0.25) is 0 Å². The van der Waals surface area contributed by atoms with Crippen LogP contribution in [0.3, 0.4) is 0 Å². The molecule has 0 N–H and O–H groups in total. The lowest BCUT2D eigenvalue weighted by Crippen LogP contribution is -2.59. The Morgan fingerprint density at radius 2 is 1.72 bits per heavy atom. The zero-order valence-corrected chi connectivity index (χ0v) is 26.7. The zero-order chi connectivity index (χ0) is 30.2. The van der Waals surface area contributed by atoms with Gasteiger partial charge in [0, 0.05) is 52.8 Å². The Hall–Kier alpha value is -3.79. The Balaban J connectivity index is 1.09. The first-order chi connectivity index (χ1) is 22.8. The second-order valence-corrected chi connectivity index (χ2v) is 15.2. The minimum absolute atomic E-state index is 0.00219. The van der Waals surface area contributed by atoms with Crippen molar-refractivity contribution in [2.45, 2.75) is 49.2 Å². The molecule has 6 aliphatic carbocycles. The van der Waals surface area contributed by atoms with Crippen molar-refractivity contribution < 1.29 is 9.47 Å². The highest BCUT2D eigenvalue weighted by Crippen LogP contribution is 2.64. The van der Waals surface area contributed by atoms with Gasteiger partial charge in [-0.25, -0.2) is 0 Å². The maximum Gasteiger partial charge on any atom is 0.124 e. The summed E-state index contributed by atoms with van der Waals surface area (Å²) in [6.07, 6.45) is 44.5. The lowest BCUT2D eigenvalue weighted by Gasteiger charge is -2.60. The molecule has 1 spiro atoms. The van der Waals surface area contributed by atoms with Crippen LogP contribution in [0, 0.1) is 29.1 Å². The van der Waals surface area contributed by atoms with Crippen LogP contribution in [0.25, 0.3) is 5.57 Å². The molecule has 3 heteroatoms. The van der Waals surface area contributed by atoms with Crippen LogP contribution in [0.15, 0.2) is 167 Å². The van der Waals surface area contributed by atoms with Gasteiger partial charge in [-0.05, 0) is 46.1 Å². The molecular formula is C43H38O2S. The smallest absolute Gasteiger partial charge is 0.124 e. The van der Waals surface area contributed by atoms with Crippen molar-refractivity contribution >= 4 is 17.3 Å². The van der Waals surface area contributed by atoms with Gasteiger partial charge in [-0.2, -0.15) is 0 Å². The molecule has 9 unspecified atom stereocenters. The Morgan fingerprint density at radius 3 is 2.67 bits per heavy atom. The van der Waals surface area contributed by atoms with Gasteiger partial charge in [-0.3, -0.25) is 0 Å². The number of rotatable bonds is 2. The molecule has 1 aromatic carbocycles. The molecule has 1 fully saturated rings. The van der Waals surface area contributed by atoms with Crippen LogP contribution in [-0.4, -0.2) is 23.6 Å². The van der Waals surface area contributed by atoms with Gasteiger partial charge in [0.25, 0.3) is 0 Å². The van der Waals surface area contributed by atoms with Crippen molar-refractivity contribution in [3.8, 4) is 0 Å². The Kier molecular flexibility index (Phi) is 6.31. The third-order valence-electron chi connectivity index (χ3n) is 11.7. The second kappa shape index (κ2) is 10.6. The van der Waals surface area contributed by atoms with E-state index in [9.17, 15) is 0 Å². The fourth-order valence-corrected chi connectivity index (χ4v) is 11.4. The molecule has 0 radical (unpaired) electrons. The number of hydrogen-bond donors (Lipinski definition) is 0. The lowest BCUT2D eigenvalue weighted by atomic mass is 9.49. The predicted molar refractivity (Wildman–Crippen MR) is 188 cm³/mol. The molecule has 0 aromatic heterocycles. The summed E-state index contributed by atoms with van der Waals surface area (Å²) >= 11 is 2.10. The number of hydrogen-bond acceptors (Lipinski definition) is 3. The summed E-state index contributed by atoms with van der Waals surface area (Å²) in [6, 6.07) is 10.7. The Labute approximate surface area is 276 Å². The first-order valence-corrected chi connectivity index (χ1v) is 18.0. The van der Waals surface area contributed by atoms with Gasteiger partial charge < -0.3 is 9.47 Å². The number of fused-ring (bicyclic) bond motifs is 9. The molecule has 228 valence electrons. The third kappa shape index (κ3) is 3.94. The maximum atomic E-state index is 7.12. The van der Waals surface area contributed by atoms with Crippen molar-refractivity contribution in [1.29, 1.82) is 0 Å². The summed E-state index contributed by atoms with van der Waals surface area (Å²) in [5.41, 5.74) is 8.15. The molecule has 0 bridgehead atoms. The molecule has 9 aliphatic rings. The summed E-state index contributed by atoms with van der Waals surface area (Å²) in [5, 5.41) is 0.516. The molecule has 0 amide bonds. The summed E-state index contributed by atoms with van der Waals surface area (Å²) < 4.78 is 14.1. The first kappa shape index (κ1) is 27.3. The van der Waals surface area contributed by atoms with E-state index in [0.29, 0.717) is 17.1 Å². The molecule has 1 aromatic rings. The van der Waals surface area contributed by atoms with E-state index in [1.807, 2.05) is 0 Å². The van der Waals surface area contributed by atoms with Crippen LogP contribution >= 0.6 is 11.8 Å². The van der Waals surface area contributed by atoms with Crippen LogP contribution < -0.4 is 0 Å². The quantitative estimate of drug-likeness (QED) is 0.329. The topological polar surface area (TPSA) is 18.5 Å². The normalized spacial score (nSPS) is 39.1. The van der Waals surface area contributed by atoms with Gasteiger partial charge in [0.1, 0.15) is 11.9 Å². The molecule has 0 saturated carbocycles. The molecule has 10 rings (SSSR count). The van der Waals surface area contributed by atoms with Gasteiger partial charge in [0.15, 0.2) is 0 Å². The number of ether oxygens (including phenoxy) is 2. The minimum Gasteiger partial charge on any atom is -0.490 e. The SMILES string of the molecule is C1=CCC2OC3=C(C=CC(C4=CC=CC5SC6=C(C=CCC6)C45)C3)C3(C2=C1)C1C=CC=CC1OC1C=C(c2ccccc2)C=CC13. The van der Waals surface area contributed by atoms with E-state index in [4.69, 9.17) is 9.47 Å². The summed E-state index contributed by atoms with van der Waals surface area (Å²) in [6.45, 7) is 0.